The van der Waals surface area contributed by atoms with E-state index in [-0.39, 0.29) is 29.4 Å². The first kappa shape index (κ1) is 29.4. The number of halogens is 4. The van der Waals surface area contributed by atoms with E-state index in [4.69, 9.17) is 14.1 Å². The summed E-state index contributed by atoms with van der Waals surface area (Å²) in [4.78, 5) is 29.9. The summed E-state index contributed by atoms with van der Waals surface area (Å²) >= 11 is 13.7. The Morgan fingerprint density at radius 2 is 1.72 bits per heavy atom. The second-order valence-electron chi connectivity index (χ2n) is 9.23. The number of fused-ring (bicyclic) bond motifs is 2. The number of nitro groups is 1. The van der Waals surface area contributed by atoms with Crippen LogP contribution >= 0.6 is 63.7 Å². The van der Waals surface area contributed by atoms with Gasteiger partial charge in [-0.3, -0.25) is 14.9 Å². The van der Waals surface area contributed by atoms with Gasteiger partial charge in [-0.15, -0.1) is 0 Å². The van der Waals surface area contributed by atoms with Gasteiger partial charge < -0.3 is 9.15 Å². The molecule has 0 unspecified atom stereocenters. The van der Waals surface area contributed by atoms with Crippen LogP contribution in [0.1, 0.15) is 11.1 Å². The maximum atomic E-state index is 13.7. The molecule has 0 spiro atoms. The van der Waals surface area contributed by atoms with E-state index in [9.17, 15) is 14.9 Å². The fourth-order valence-electron chi connectivity index (χ4n) is 4.41. The molecule has 0 fully saturated rings. The first-order valence-electron chi connectivity index (χ1n) is 12.5. The van der Waals surface area contributed by atoms with Crippen molar-refractivity contribution in [1.29, 1.82) is 0 Å². The van der Waals surface area contributed by atoms with Gasteiger partial charge in [0.15, 0.2) is 5.76 Å². The summed E-state index contributed by atoms with van der Waals surface area (Å²) < 4.78 is 16.1. The standard InChI is InChI=1S/C30H16Br4N4O5/c31-19-7-8-26-17(9-19)11-27(43-26)29-36-24-4-2-1-3-22(24)30(39)37(29)35-14-18-10-21(33)13-25(38(40)41)28(18)42-15-16-5-6-20(32)12-23(16)34/h1-14H,15H2. The van der Waals surface area contributed by atoms with Crippen LogP contribution in [0, 0.1) is 10.1 Å². The summed E-state index contributed by atoms with van der Waals surface area (Å²) in [5.41, 5.74) is 1.41. The first-order chi connectivity index (χ1) is 20.7. The average Bonchev–Trinajstić information content (AvgIpc) is 3.39. The molecular formula is C30H16Br4N4O5. The minimum absolute atomic E-state index is 0.0105. The number of ether oxygens (including phenoxy) is 1. The predicted octanol–water partition coefficient (Wildman–Crippen LogP) is 9.23. The third kappa shape index (κ3) is 6.07. The number of nitrogens with zero attached hydrogens (tertiary/aromatic N) is 4. The summed E-state index contributed by atoms with van der Waals surface area (Å²) in [5, 5.41) is 17.7. The van der Waals surface area contributed by atoms with Crippen molar-refractivity contribution in [1.82, 2.24) is 9.66 Å². The molecule has 6 aromatic rings. The molecule has 6 rings (SSSR count). The van der Waals surface area contributed by atoms with Gasteiger partial charge in [-0.05, 0) is 54.6 Å². The smallest absolute Gasteiger partial charge is 0.312 e. The van der Waals surface area contributed by atoms with Gasteiger partial charge in [0, 0.05) is 40.5 Å². The molecule has 0 atom stereocenters. The third-order valence-electron chi connectivity index (χ3n) is 6.41. The largest absolute Gasteiger partial charge is 0.481 e. The fourth-order valence-corrected chi connectivity index (χ4v) is 6.42. The van der Waals surface area contributed by atoms with Crippen molar-refractivity contribution in [3.8, 4) is 17.3 Å². The van der Waals surface area contributed by atoms with Gasteiger partial charge in [0.05, 0.1) is 22.0 Å². The molecule has 4 aromatic carbocycles. The number of hydrogen-bond donors (Lipinski definition) is 0. The Balaban J connectivity index is 1.49. The highest BCUT2D eigenvalue weighted by Crippen LogP contribution is 2.36. The first-order valence-corrected chi connectivity index (χ1v) is 15.7. The van der Waals surface area contributed by atoms with Crippen LogP contribution < -0.4 is 10.3 Å². The van der Waals surface area contributed by atoms with E-state index in [0.717, 1.165) is 29.0 Å². The summed E-state index contributed by atoms with van der Waals surface area (Å²) in [6.45, 7) is 0.0362. The van der Waals surface area contributed by atoms with Gasteiger partial charge in [0.1, 0.15) is 12.2 Å². The van der Waals surface area contributed by atoms with Gasteiger partial charge in [-0.25, -0.2) is 4.98 Å². The van der Waals surface area contributed by atoms with Crippen molar-refractivity contribution in [3.05, 3.63) is 128 Å². The van der Waals surface area contributed by atoms with E-state index in [2.05, 4.69) is 68.8 Å². The molecule has 0 radical (unpaired) electrons. The molecule has 214 valence electrons. The van der Waals surface area contributed by atoms with Crippen LogP contribution in [-0.2, 0) is 6.61 Å². The monoisotopic (exact) mass is 828 g/mol. The molecule has 9 nitrogen and oxygen atoms in total. The molecule has 2 aromatic heterocycles. The molecule has 0 saturated heterocycles. The van der Waals surface area contributed by atoms with Crippen molar-refractivity contribution in [3.63, 3.8) is 0 Å². The molecule has 2 heterocycles. The number of hydrogen-bond acceptors (Lipinski definition) is 7. The third-order valence-corrected chi connectivity index (χ3v) is 8.59. The number of nitro benzene ring substituents is 1. The van der Waals surface area contributed by atoms with Crippen molar-refractivity contribution in [2.24, 2.45) is 5.10 Å². The van der Waals surface area contributed by atoms with Gasteiger partial charge in [0.2, 0.25) is 11.6 Å². The lowest BCUT2D eigenvalue weighted by molar-refractivity contribution is -0.386. The predicted molar refractivity (Wildman–Crippen MR) is 179 cm³/mol. The van der Waals surface area contributed by atoms with Gasteiger partial charge in [-0.1, -0.05) is 81.9 Å². The topological polar surface area (TPSA) is 113 Å². The summed E-state index contributed by atoms with van der Waals surface area (Å²) in [6, 6.07) is 22.8. The highest BCUT2D eigenvalue weighted by atomic mass is 79.9. The molecular weight excluding hydrogens is 816 g/mol. The zero-order chi connectivity index (χ0) is 30.2. The van der Waals surface area contributed by atoms with Crippen LogP contribution in [0.2, 0.25) is 0 Å². The van der Waals surface area contributed by atoms with E-state index in [1.807, 2.05) is 36.4 Å². The fraction of sp³-hybridized carbons (Fsp3) is 0.0333. The summed E-state index contributed by atoms with van der Waals surface area (Å²) in [7, 11) is 0. The van der Waals surface area contributed by atoms with Crippen LogP contribution in [0.25, 0.3) is 33.5 Å². The lowest BCUT2D eigenvalue weighted by atomic mass is 10.2. The second-order valence-corrected chi connectivity index (χ2v) is 12.8. The van der Waals surface area contributed by atoms with Crippen molar-refractivity contribution in [2.75, 3.05) is 0 Å². The van der Waals surface area contributed by atoms with Crippen LogP contribution in [0.5, 0.6) is 5.75 Å². The highest BCUT2D eigenvalue weighted by Gasteiger charge is 2.22. The molecule has 13 heteroatoms. The van der Waals surface area contributed by atoms with Crippen LogP contribution in [0.3, 0.4) is 0 Å². The van der Waals surface area contributed by atoms with Gasteiger partial charge >= 0.3 is 5.69 Å². The second kappa shape index (κ2) is 12.2. The summed E-state index contributed by atoms with van der Waals surface area (Å²) in [5.74, 6) is 0.478. The quantitative estimate of drug-likeness (QED) is 0.0901. The minimum atomic E-state index is -0.532. The van der Waals surface area contributed by atoms with E-state index in [0.29, 0.717) is 26.7 Å². The lowest BCUT2D eigenvalue weighted by Crippen LogP contribution is -2.20. The number of rotatable bonds is 7. The van der Waals surface area contributed by atoms with Gasteiger partial charge in [0.25, 0.3) is 5.56 Å². The highest BCUT2D eigenvalue weighted by molar-refractivity contribution is 9.11. The van der Waals surface area contributed by atoms with E-state index >= 15 is 0 Å². The normalized spacial score (nSPS) is 11.5. The number of aromatic nitrogens is 2. The maximum Gasteiger partial charge on any atom is 0.312 e. The van der Waals surface area contributed by atoms with Gasteiger partial charge in [-0.2, -0.15) is 9.78 Å². The Morgan fingerprint density at radius 1 is 0.953 bits per heavy atom. The molecule has 0 aliphatic heterocycles. The SMILES string of the molecule is O=c1c2ccccc2nc(-c2cc3cc(Br)ccc3o2)n1N=Cc1cc(Br)cc([N+](=O)[O-])c1OCc1ccc(Br)cc1Br. The average molecular weight is 832 g/mol. The zero-order valence-electron chi connectivity index (χ0n) is 21.6. The van der Waals surface area contributed by atoms with E-state index in [1.165, 1.54) is 12.3 Å². The van der Waals surface area contributed by atoms with Crippen LogP contribution in [-0.4, -0.2) is 20.8 Å². The Labute approximate surface area is 276 Å². The Kier molecular flexibility index (Phi) is 8.32. The maximum absolute atomic E-state index is 13.7. The summed E-state index contributed by atoms with van der Waals surface area (Å²) in [6.07, 6.45) is 1.34. The molecule has 0 N–H and O–H groups in total. The van der Waals surface area contributed by atoms with E-state index < -0.39 is 10.5 Å². The van der Waals surface area contributed by atoms with Crippen molar-refractivity contribution >= 4 is 97.5 Å². The minimum Gasteiger partial charge on any atom is -0.481 e. The molecule has 0 amide bonds. The lowest BCUT2D eigenvalue weighted by Gasteiger charge is -2.12. The van der Waals surface area contributed by atoms with Crippen LogP contribution in [0.4, 0.5) is 5.69 Å². The molecule has 43 heavy (non-hydrogen) atoms. The Hall–Kier alpha value is -3.65. The number of benzene rings is 4. The molecule has 0 bridgehead atoms. The van der Waals surface area contributed by atoms with Crippen molar-refractivity contribution in [2.45, 2.75) is 6.61 Å². The number of para-hydroxylation sites is 1. The number of furan rings is 1. The molecule has 0 aliphatic carbocycles. The zero-order valence-corrected chi connectivity index (χ0v) is 28.0. The Bertz CT molecular complexity index is 2160. The van der Waals surface area contributed by atoms with Crippen LogP contribution in [0.15, 0.2) is 111 Å². The van der Waals surface area contributed by atoms with Crippen molar-refractivity contribution < 1.29 is 14.1 Å². The molecule has 0 saturated carbocycles. The Morgan fingerprint density at radius 3 is 2.51 bits per heavy atom. The van der Waals surface area contributed by atoms with E-state index in [1.54, 1.807) is 36.4 Å². The molecule has 0 aliphatic rings.